The summed E-state index contributed by atoms with van der Waals surface area (Å²) in [6.07, 6.45) is 5.12. The lowest BCUT2D eigenvalue weighted by molar-refractivity contribution is -0.113. The van der Waals surface area contributed by atoms with Crippen LogP contribution in [-0.2, 0) is 16.1 Å². The number of rotatable bonds is 9. The van der Waals surface area contributed by atoms with Gasteiger partial charge in [-0.05, 0) is 29.8 Å². The summed E-state index contributed by atoms with van der Waals surface area (Å²) in [5.74, 6) is -0.122. The summed E-state index contributed by atoms with van der Waals surface area (Å²) in [6, 6.07) is 10.8. The van der Waals surface area contributed by atoms with E-state index in [0.717, 1.165) is 11.1 Å². The highest BCUT2D eigenvalue weighted by Gasteiger charge is 2.23. The number of aromatic nitrogens is 4. The van der Waals surface area contributed by atoms with E-state index in [0.29, 0.717) is 38.7 Å². The molecule has 0 fully saturated rings. The number of nitrogens with zero attached hydrogens (tertiary/aromatic N) is 4. The van der Waals surface area contributed by atoms with Gasteiger partial charge in [-0.3, -0.25) is 14.3 Å². The number of carbonyl (C=O) groups excluding carboxylic acids is 2. The second-order valence-electron chi connectivity index (χ2n) is 7.14. The maximum atomic E-state index is 12.8. The topological polar surface area (TPSA) is 99.0 Å². The number of thioether (sulfide) groups is 1. The third-order valence-corrected chi connectivity index (χ3v) is 6.98. The molecule has 4 rings (SSSR count). The van der Waals surface area contributed by atoms with Gasteiger partial charge in [0.25, 0.3) is 0 Å². The van der Waals surface area contributed by atoms with Gasteiger partial charge in [-0.25, -0.2) is 4.79 Å². The smallest absolute Gasteiger partial charge is 0.341 e. The zero-order valence-corrected chi connectivity index (χ0v) is 21.0. The number of thiophene rings is 1. The first-order chi connectivity index (χ1) is 17.0. The van der Waals surface area contributed by atoms with Gasteiger partial charge >= 0.3 is 5.97 Å². The molecule has 0 spiro atoms. The van der Waals surface area contributed by atoms with Gasteiger partial charge in [0.05, 0.1) is 12.9 Å². The van der Waals surface area contributed by atoms with Crippen molar-refractivity contribution in [3.8, 4) is 22.5 Å². The Balaban J connectivity index is 1.52. The van der Waals surface area contributed by atoms with Crippen LogP contribution < -0.4 is 5.32 Å². The van der Waals surface area contributed by atoms with Crippen LogP contribution in [0.2, 0.25) is 5.02 Å². The maximum absolute atomic E-state index is 12.8. The van der Waals surface area contributed by atoms with E-state index < -0.39 is 5.97 Å². The molecular weight excluding hydrogens is 506 g/mol. The van der Waals surface area contributed by atoms with Gasteiger partial charge in [-0.1, -0.05) is 41.6 Å². The first-order valence-corrected chi connectivity index (χ1v) is 12.6. The van der Waals surface area contributed by atoms with E-state index in [1.54, 1.807) is 36.0 Å². The molecule has 3 heterocycles. The summed E-state index contributed by atoms with van der Waals surface area (Å²) in [5, 5.41) is 14.7. The monoisotopic (exact) mass is 525 g/mol. The Morgan fingerprint density at radius 2 is 2.03 bits per heavy atom. The minimum atomic E-state index is -0.536. The Kier molecular flexibility index (Phi) is 7.96. The Morgan fingerprint density at radius 3 is 2.71 bits per heavy atom. The van der Waals surface area contributed by atoms with Gasteiger partial charge in [0, 0.05) is 40.5 Å². The lowest BCUT2D eigenvalue weighted by atomic mass is 10.0. The van der Waals surface area contributed by atoms with Crippen LogP contribution in [0.5, 0.6) is 0 Å². The van der Waals surface area contributed by atoms with Gasteiger partial charge in [0.2, 0.25) is 5.91 Å². The zero-order valence-electron chi connectivity index (χ0n) is 18.6. The van der Waals surface area contributed by atoms with E-state index in [1.165, 1.54) is 30.2 Å². The average Bonchev–Trinajstić information content (AvgIpc) is 3.47. The molecule has 3 aromatic heterocycles. The number of nitrogens with one attached hydrogen (secondary N) is 1. The predicted molar refractivity (Wildman–Crippen MR) is 139 cm³/mol. The minimum Gasteiger partial charge on any atom is -0.465 e. The van der Waals surface area contributed by atoms with Crippen molar-refractivity contribution in [1.29, 1.82) is 0 Å². The molecule has 1 aromatic carbocycles. The SMILES string of the molecule is C=CCn1c(SCC(=O)Nc2scc(-c3ccc(Cl)cc3)c2C(=O)OC)nnc1-c1cccnc1. The predicted octanol–water partition coefficient (Wildman–Crippen LogP) is 5.43. The number of halogens is 1. The van der Waals surface area contributed by atoms with Crippen molar-refractivity contribution in [2.24, 2.45) is 0 Å². The van der Waals surface area contributed by atoms with Crippen molar-refractivity contribution in [3.63, 3.8) is 0 Å². The highest BCUT2D eigenvalue weighted by Crippen LogP contribution is 2.37. The fourth-order valence-corrected chi connectivity index (χ4v) is 5.13. The van der Waals surface area contributed by atoms with E-state index in [-0.39, 0.29) is 11.7 Å². The van der Waals surface area contributed by atoms with Crippen LogP contribution in [0.3, 0.4) is 0 Å². The summed E-state index contributed by atoms with van der Waals surface area (Å²) in [5.41, 5.74) is 2.57. The minimum absolute atomic E-state index is 0.0666. The Hall–Kier alpha value is -3.47. The standard InChI is InChI=1S/C24H20ClN5O3S2/c1-3-11-30-21(16-5-4-10-26-12-16)28-29-24(30)35-14-19(31)27-22-20(23(32)33-2)18(13-34-22)15-6-8-17(25)9-7-15/h3-10,12-13H,1,11,14H2,2H3,(H,27,31). The van der Waals surface area contributed by atoms with E-state index >= 15 is 0 Å². The van der Waals surface area contributed by atoms with Crippen molar-refractivity contribution >= 4 is 51.6 Å². The number of anilines is 1. The molecule has 0 saturated carbocycles. The Morgan fingerprint density at radius 1 is 1.23 bits per heavy atom. The lowest BCUT2D eigenvalue weighted by Crippen LogP contribution is -2.16. The summed E-state index contributed by atoms with van der Waals surface area (Å²) in [7, 11) is 1.30. The molecule has 35 heavy (non-hydrogen) atoms. The van der Waals surface area contributed by atoms with Crippen LogP contribution >= 0.6 is 34.7 Å². The quantitative estimate of drug-likeness (QED) is 0.177. The number of pyridine rings is 1. The van der Waals surface area contributed by atoms with Gasteiger partial charge in [-0.2, -0.15) is 0 Å². The van der Waals surface area contributed by atoms with Crippen molar-refractivity contribution in [2.75, 3.05) is 18.2 Å². The number of ether oxygens (including phenoxy) is 1. The van der Waals surface area contributed by atoms with Gasteiger partial charge < -0.3 is 10.1 Å². The van der Waals surface area contributed by atoms with Crippen molar-refractivity contribution in [2.45, 2.75) is 11.7 Å². The maximum Gasteiger partial charge on any atom is 0.341 e. The summed E-state index contributed by atoms with van der Waals surface area (Å²) in [6.45, 7) is 4.27. The zero-order chi connectivity index (χ0) is 24.8. The highest BCUT2D eigenvalue weighted by atomic mass is 35.5. The fourth-order valence-electron chi connectivity index (χ4n) is 3.29. The molecule has 4 aromatic rings. The summed E-state index contributed by atoms with van der Waals surface area (Å²) in [4.78, 5) is 29.5. The summed E-state index contributed by atoms with van der Waals surface area (Å²) < 4.78 is 6.84. The number of hydrogen-bond acceptors (Lipinski definition) is 8. The second kappa shape index (κ2) is 11.3. The van der Waals surface area contributed by atoms with Crippen LogP contribution in [0.4, 0.5) is 5.00 Å². The van der Waals surface area contributed by atoms with Crippen LogP contribution in [0.15, 0.2) is 72.0 Å². The molecule has 0 radical (unpaired) electrons. The third kappa shape index (κ3) is 5.61. The fraction of sp³-hybridized carbons (Fsp3) is 0.125. The van der Waals surface area contributed by atoms with Crippen LogP contribution in [0.1, 0.15) is 10.4 Å². The molecule has 1 amide bonds. The Labute approximate surface area is 215 Å². The number of esters is 1. The molecule has 0 aliphatic rings. The largest absolute Gasteiger partial charge is 0.465 e. The van der Waals surface area contributed by atoms with Gasteiger partial charge in [0.15, 0.2) is 11.0 Å². The molecule has 178 valence electrons. The van der Waals surface area contributed by atoms with E-state index in [2.05, 4.69) is 27.1 Å². The first kappa shape index (κ1) is 24.6. The number of hydrogen-bond donors (Lipinski definition) is 1. The number of carbonyl (C=O) groups is 2. The third-order valence-electron chi connectivity index (χ3n) is 4.87. The van der Waals surface area contributed by atoms with Crippen LogP contribution in [-0.4, -0.2) is 44.5 Å². The molecule has 0 saturated heterocycles. The van der Waals surface area contributed by atoms with Crippen LogP contribution in [0.25, 0.3) is 22.5 Å². The van der Waals surface area contributed by atoms with Crippen LogP contribution in [0, 0.1) is 0 Å². The van der Waals surface area contributed by atoms with Crippen molar-refractivity contribution in [1.82, 2.24) is 19.7 Å². The number of allylic oxidation sites excluding steroid dienone is 1. The van der Waals surface area contributed by atoms with E-state index in [4.69, 9.17) is 16.3 Å². The van der Waals surface area contributed by atoms with Gasteiger partial charge in [0.1, 0.15) is 10.6 Å². The molecule has 0 aliphatic carbocycles. The molecule has 1 N–H and O–H groups in total. The molecular formula is C24H20ClN5O3S2. The second-order valence-corrected chi connectivity index (χ2v) is 9.39. The number of amides is 1. The number of benzene rings is 1. The molecule has 0 aliphatic heterocycles. The molecule has 0 atom stereocenters. The lowest BCUT2D eigenvalue weighted by Gasteiger charge is -2.09. The molecule has 0 unspecified atom stereocenters. The highest BCUT2D eigenvalue weighted by molar-refractivity contribution is 7.99. The summed E-state index contributed by atoms with van der Waals surface area (Å²) >= 11 is 8.48. The molecule has 0 bridgehead atoms. The van der Waals surface area contributed by atoms with E-state index in [1.807, 2.05) is 28.8 Å². The van der Waals surface area contributed by atoms with Crippen molar-refractivity contribution < 1.29 is 14.3 Å². The first-order valence-electron chi connectivity index (χ1n) is 10.3. The molecule has 11 heteroatoms. The average molecular weight is 526 g/mol. The van der Waals surface area contributed by atoms with Crippen molar-refractivity contribution in [3.05, 3.63) is 77.4 Å². The number of methoxy groups -OCH3 is 1. The van der Waals surface area contributed by atoms with E-state index in [9.17, 15) is 9.59 Å². The van der Waals surface area contributed by atoms with Gasteiger partial charge in [-0.15, -0.1) is 28.1 Å². The normalized spacial score (nSPS) is 10.7. The Bertz CT molecular complexity index is 1350. The molecule has 8 nitrogen and oxygen atoms in total.